The lowest BCUT2D eigenvalue weighted by Gasteiger charge is -2.22. The molecule has 9 heteroatoms. The molecule has 0 bridgehead atoms. The van der Waals surface area contributed by atoms with Crippen LogP contribution in [0.25, 0.3) is 5.69 Å². The van der Waals surface area contributed by atoms with Crippen molar-refractivity contribution in [3.05, 3.63) is 71.3 Å². The summed E-state index contributed by atoms with van der Waals surface area (Å²) in [6.45, 7) is 7.02. The zero-order valence-corrected chi connectivity index (χ0v) is 19.8. The van der Waals surface area contributed by atoms with Crippen LogP contribution in [0.4, 0.5) is 4.39 Å². The first-order chi connectivity index (χ1) is 15.4. The standard InChI is InChI=1S/C24H26FN3O4S/c1-24(2,3)15-32-22-10-9-19(33(4,30)31)11-20(22)23(29)27-12-16-13-28(26-21(16)14-27)18-7-5-17(25)6-8-18/h5-11,13H,12,14-15H2,1-4H3. The van der Waals surface area contributed by atoms with Gasteiger partial charge in [0.2, 0.25) is 0 Å². The second kappa shape index (κ2) is 8.30. The monoisotopic (exact) mass is 471 g/mol. The molecule has 7 nitrogen and oxygen atoms in total. The number of nitrogens with zero attached hydrogens (tertiary/aromatic N) is 3. The SMILES string of the molecule is CC(C)(C)COc1ccc(S(C)(=O)=O)cc1C(=O)N1Cc2cn(-c3ccc(F)cc3)nc2C1. The normalized spacial score (nSPS) is 13.8. The maximum atomic E-state index is 13.4. The molecule has 2 aromatic carbocycles. The van der Waals surface area contributed by atoms with Gasteiger partial charge >= 0.3 is 0 Å². The molecule has 0 fully saturated rings. The number of hydrogen-bond donors (Lipinski definition) is 0. The van der Waals surface area contributed by atoms with Gasteiger partial charge in [0.1, 0.15) is 11.6 Å². The highest BCUT2D eigenvalue weighted by molar-refractivity contribution is 7.90. The summed E-state index contributed by atoms with van der Waals surface area (Å²) in [5.41, 5.74) is 2.42. The molecule has 0 radical (unpaired) electrons. The van der Waals surface area contributed by atoms with Gasteiger partial charge in [-0.3, -0.25) is 4.79 Å². The Kier molecular flexibility index (Phi) is 5.78. The molecule has 3 aromatic rings. The Bertz CT molecular complexity index is 1280. The van der Waals surface area contributed by atoms with Crippen LogP contribution >= 0.6 is 0 Å². The molecule has 0 unspecified atom stereocenters. The van der Waals surface area contributed by atoms with Crippen LogP contribution in [0, 0.1) is 11.2 Å². The van der Waals surface area contributed by atoms with E-state index in [1.54, 1.807) is 27.8 Å². The molecule has 4 rings (SSSR count). The van der Waals surface area contributed by atoms with Gasteiger partial charge in [0.25, 0.3) is 5.91 Å². The van der Waals surface area contributed by atoms with E-state index in [1.165, 1.54) is 24.3 Å². The smallest absolute Gasteiger partial charge is 0.258 e. The molecule has 1 aliphatic rings. The first-order valence-electron chi connectivity index (χ1n) is 10.5. The summed E-state index contributed by atoms with van der Waals surface area (Å²) >= 11 is 0. The van der Waals surface area contributed by atoms with E-state index < -0.39 is 9.84 Å². The second-order valence-corrected chi connectivity index (χ2v) is 11.5. The van der Waals surface area contributed by atoms with Crippen molar-refractivity contribution >= 4 is 15.7 Å². The third-order valence-corrected chi connectivity index (χ3v) is 6.34. The third kappa shape index (κ3) is 5.08. The average Bonchev–Trinajstić information content (AvgIpc) is 3.30. The predicted octanol–water partition coefficient (Wildman–Crippen LogP) is 4.00. The van der Waals surface area contributed by atoms with Crippen LogP contribution in [0.2, 0.25) is 0 Å². The van der Waals surface area contributed by atoms with Crippen LogP contribution in [-0.2, 0) is 22.9 Å². The number of rotatable bonds is 5. The fraction of sp³-hybridized carbons (Fsp3) is 0.333. The quantitative estimate of drug-likeness (QED) is 0.562. The lowest BCUT2D eigenvalue weighted by Crippen LogP contribution is -2.27. The van der Waals surface area contributed by atoms with E-state index in [1.807, 2.05) is 27.0 Å². The van der Waals surface area contributed by atoms with E-state index in [0.717, 1.165) is 23.2 Å². The van der Waals surface area contributed by atoms with E-state index in [9.17, 15) is 17.6 Å². The zero-order chi connectivity index (χ0) is 24.0. The summed E-state index contributed by atoms with van der Waals surface area (Å²) < 4.78 is 44.9. The molecule has 1 aliphatic heterocycles. The van der Waals surface area contributed by atoms with E-state index in [2.05, 4.69) is 5.10 Å². The summed E-state index contributed by atoms with van der Waals surface area (Å²) in [5, 5.41) is 4.54. The molecule has 174 valence electrons. The minimum Gasteiger partial charge on any atom is -0.492 e. The Hall–Kier alpha value is -3.20. The summed E-state index contributed by atoms with van der Waals surface area (Å²) in [6.07, 6.45) is 2.93. The molecule has 1 aromatic heterocycles. The maximum Gasteiger partial charge on any atom is 0.258 e. The van der Waals surface area contributed by atoms with Crippen molar-refractivity contribution in [1.82, 2.24) is 14.7 Å². The van der Waals surface area contributed by atoms with Gasteiger partial charge in [-0.15, -0.1) is 0 Å². The largest absolute Gasteiger partial charge is 0.492 e. The molecule has 2 heterocycles. The van der Waals surface area contributed by atoms with Crippen LogP contribution < -0.4 is 4.74 Å². The van der Waals surface area contributed by atoms with E-state index in [4.69, 9.17) is 4.74 Å². The summed E-state index contributed by atoms with van der Waals surface area (Å²) in [6, 6.07) is 10.4. The maximum absolute atomic E-state index is 13.4. The minimum atomic E-state index is -3.49. The Morgan fingerprint density at radius 2 is 1.82 bits per heavy atom. The first kappa shape index (κ1) is 23.0. The lowest BCUT2D eigenvalue weighted by atomic mass is 9.98. The van der Waals surface area contributed by atoms with Crippen molar-refractivity contribution in [2.45, 2.75) is 38.8 Å². The topological polar surface area (TPSA) is 81.5 Å². The van der Waals surface area contributed by atoms with Gasteiger partial charge in [-0.05, 0) is 47.9 Å². The number of ether oxygens (including phenoxy) is 1. The summed E-state index contributed by atoms with van der Waals surface area (Å²) in [7, 11) is -3.49. The highest BCUT2D eigenvalue weighted by Gasteiger charge is 2.30. The predicted molar refractivity (Wildman–Crippen MR) is 122 cm³/mol. The molecule has 0 saturated carbocycles. The Labute approximate surface area is 192 Å². The van der Waals surface area contributed by atoms with Crippen LogP contribution in [0.3, 0.4) is 0 Å². The van der Waals surface area contributed by atoms with Crippen molar-refractivity contribution < 1.29 is 22.3 Å². The number of carbonyl (C=O) groups excluding carboxylic acids is 1. The van der Waals surface area contributed by atoms with Gasteiger partial charge in [0.05, 0.1) is 35.0 Å². The van der Waals surface area contributed by atoms with Gasteiger partial charge in [0, 0.05) is 24.6 Å². The fourth-order valence-electron chi connectivity index (χ4n) is 3.52. The highest BCUT2D eigenvalue weighted by Crippen LogP contribution is 2.30. The number of carbonyl (C=O) groups is 1. The van der Waals surface area contributed by atoms with Crippen molar-refractivity contribution in [2.24, 2.45) is 5.41 Å². The number of benzene rings is 2. The van der Waals surface area contributed by atoms with Gasteiger partial charge in [0.15, 0.2) is 9.84 Å². The third-order valence-electron chi connectivity index (χ3n) is 5.23. The number of halogens is 1. The van der Waals surface area contributed by atoms with Crippen LogP contribution in [0.15, 0.2) is 53.6 Å². The number of aromatic nitrogens is 2. The van der Waals surface area contributed by atoms with Crippen LogP contribution in [0.5, 0.6) is 5.75 Å². The molecule has 0 atom stereocenters. The highest BCUT2D eigenvalue weighted by atomic mass is 32.2. The molecule has 33 heavy (non-hydrogen) atoms. The molecular formula is C24H26FN3O4S. The summed E-state index contributed by atoms with van der Waals surface area (Å²) in [4.78, 5) is 15.1. The molecule has 0 aliphatic carbocycles. The Balaban J connectivity index is 1.59. The molecule has 0 spiro atoms. The Morgan fingerprint density at radius 3 is 2.42 bits per heavy atom. The van der Waals surface area contributed by atoms with Gasteiger partial charge in [-0.25, -0.2) is 17.5 Å². The van der Waals surface area contributed by atoms with Gasteiger partial charge in [-0.1, -0.05) is 20.8 Å². The number of fused-ring (bicyclic) bond motifs is 1. The van der Waals surface area contributed by atoms with E-state index in [-0.39, 0.29) is 34.1 Å². The lowest BCUT2D eigenvalue weighted by molar-refractivity contribution is 0.0741. The summed E-state index contributed by atoms with van der Waals surface area (Å²) in [5.74, 6) is -0.296. The molecular weight excluding hydrogens is 445 g/mol. The number of amides is 1. The van der Waals surface area contributed by atoms with E-state index >= 15 is 0 Å². The molecule has 0 N–H and O–H groups in total. The Morgan fingerprint density at radius 1 is 1.12 bits per heavy atom. The zero-order valence-electron chi connectivity index (χ0n) is 19.0. The fourth-order valence-corrected chi connectivity index (χ4v) is 4.17. The molecule has 1 amide bonds. The second-order valence-electron chi connectivity index (χ2n) is 9.46. The van der Waals surface area contributed by atoms with Gasteiger partial charge in [-0.2, -0.15) is 5.10 Å². The number of sulfone groups is 1. The van der Waals surface area contributed by atoms with Crippen LogP contribution in [-0.4, -0.2) is 41.9 Å². The van der Waals surface area contributed by atoms with Crippen molar-refractivity contribution in [3.63, 3.8) is 0 Å². The number of hydrogen-bond acceptors (Lipinski definition) is 5. The first-order valence-corrected chi connectivity index (χ1v) is 12.4. The molecule has 0 saturated heterocycles. The van der Waals surface area contributed by atoms with Crippen LogP contribution in [0.1, 0.15) is 42.4 Å². The van der Waals surface area contributed by atoms with E-state index in [0.29, 0.717) is 18.9 Å². The van der Waals surface area contributed by atoms with Gasteiger partial charge < -0.3 is 9.64 Å². The van der Waals surface area contributed by atoms with Crippen molar-refractivity contribution in [3.8, 4) is 11.4 Å². The van der Waals surface area contributed by atoms with Crippen molar-refractivity contribution in [1.29, 1.82) is 0 Å². The minimum absolute atomic E-state index is 0.0624. The average molecular weight is 472 g/mol. The van der Waals surface area contributed by atoms with Crippen molar-refractivity contribution in [2.75, 3.05) is 12.9 Å².